The fraction of sp³-hybridized carbons (Fsp3) is 0.238. The van der Waals surface area contributed by atoms with Gasteiger partial charge in [0.25, 0.3) is 5.91 Å². The van der Waals surface area contributed by atoms with Crippen molar-refractivity contribution in [2.75, 3.05) is 19.8 Å². The molecule has 29 heavy (non-hydrogen) atoms. The average molecular weight is 414 g/mol. The summed E-state index contributed by atoms with van der Waals surface area (Å²) in [5.41, 5.74) is 3.25. The molecule has 3 aromatic rings. The van der Waals surface area contributed by atoms with Crippen LogP contribution >= 0.6 is 11.6 Å². The van der Waals surface area contributed by atoms with Crippen LogP contribution in [0.1, 0.15) is 21.7 Å². The first kappa shape index (κ1) is 20.5. The van der Waals surface area contributed by atoms with Crippen molar-refractivity contribution < 1.29 is 19.1 Å². The van der Waals surface area contributed by atoms with E-state index in [9.17, 15) is 9.59 Å². The number of hydrogen-bond acceptors (Lipinski definition) is 6. The molecule has 0 spiro atoms. The maximum atomic E-state index is 12.2. The number of aryl methyl sites for hydroxylation is 2. The Morgan fingerprint density at radius 2 is 1.69 bits per heavy atom. The number of hydrogen-bond donors (Lipinski definition) is 1. The van der Waals surface area contributed by atoms with E-state index in [-0.39, 0.29) is 19.8 Å². The zero-order chi connectivity index (χ0) is 20.8. The van der Waals surface area contributed by atoms with Gasteiger partial charge in [-0.3, -0.25) is 4.79 Å². The number of carbonyl (C=O) groups excluding carboxylic acids is 2. The van der Waals surface area contributed by atoms with Crippen LogP contribution in [0.5, 0.6) is 5.75 Å². The Morgan fingerprint density at radius 1 is 1.00 bits per heavy atom. The molecule has 0 aliphatic carbocycles. The molecule has 0 bridgehead atoms. The average Bonchev–Trinajstić information content (AvgIpc) is 2.71. The van der Waals surface area contributed by atoms with Gasteiger partial charge in [0.2, 0.25) is 0 Å². The minimum atomic E-state index is -0.598. The number of amides is 1. The normalized spacial score (nSPS) is 10.6. The topological polar surface area (TPSA) is 90.4 Å². The minimum absolute atomic E-state index is 0.281. The summed E-state index contributed by atoms with van der Waals surface area (Å²) in [5.74, 6) is -0.357. The van der Waals surface area contributed by atoms with Gasteiger partial charge in [-0.15, -0.1) is 0 Å². The molecule has 0 aliphatic rings. The van der Waals surface area contributed by atoms with Crippen LogP contribution in [0, 0.1) is 13.8 Å². The van der Waals surface area contributed by atoms with Crippen molar-refractivity contribution in [1.29, 1.82) is 0 Å². The molecule has 7 nitrogen and oxygen atoms in total. The number of aromatic nitrogens is 2. The Bertz CT molecular complexity index is 1040. The van der Waals surface area contributed by atoms with Crippen LogP contribution < -0.4 is 10.1 Å². The molecule has 1 aromatic heterocycles. The highest BCUT2D eigenvalue weighted by molar-refractivity contribution is 6.30. The standard InChI is InChI=1S/C21H20ClN3O4/c1-13-14(2)25-19-11-15(3-8-18(19)24-13)21(27)29-12-20(26)23-9-10-28-17-6-4-16(22)5-7-17/h3-8,11H,9-10,12H2,1-2H3,(H,23,26). The molecule has 150 valence electrons. The van der Waals surface area contributed by atoms with E-state index < -0.39 is 11.9 Å². The van der Waals surface area contributed by atoms with Crippen molar-refractivity contribution in [3.05, 3.63) is 64.4 Å². The summed E-state index contributed by atoms with van der Waals surface area (Å²) in [7, 11) is 0. The molecular weight excluding hydrogens is 394 g/mol. The van der Waals surface area contributed by atoms with Gasteiger partial charge >= 0.3 is 5.97 Å². The van der Waals surface area contributed by atoms with Crippen molar-refractivity contribution in [2.24, 2.45) is 0 Å². The van der Waals surface area contributed by atoms with Gasteiger partial charge < -0.3 is 14.8 Å². The molecule has 0 atom stereocenters. The highest BCUT2D eigenvalue weighted by Gasteiger charge is 2.12. The van der Waals surface area contributed by atoms with Crippen LogP contribution in [0.15, 0.2) is 42.5 Å². The summed E-state index contributed by atoms with van der Waals surface area (Å²) in [6.45, 7) is 3.92. The van der Waals surface area contributed by atoms with Gasteiger partial charge in [-0.1, -0.05) is 11.6 Å². The number of esters is 1. The molecule has 0 aliphatic heterocycles. The van der Waals surface area contributed by atoms with Crippen molar-refractivity contribution in [2.45, 2.75) is 13.8 Å². The van der Waals surface area contributed by atoms with E-state index in [1.807, 2.05) is 13.8 Å². The van der Waals surface area contributed by atoms with Crippen LogP contribution in [0.4, 0.5) is 0 Å². The number of rotatable bonds is 7. The lowest BCUT2D eigenvalue weighted by Gasteiger charge is -2.09. The molecule has 1 N–H and O–H groups in total. The number of ether oxygens (including phenoxy) is 2. The maximum Gasteiger partial charge on any atom is 0.338 e. The number of halogens is 1. The predicted molar refractivity (Wildman–Crippen MR) is 109 cm³/mol. The van der Waals surface area contributed by atoms with Gasteiger partial charge in [0, 0.05) is 5.02 Å². The van der Waals surface area contributed by atoms with Crippen molar-refractivity contribution in [1.82, 2.24) is 15.3 Å². The third-order valence-electron chi connectivity index (χ3n) is 4.15. The predicted octanol–water partition coefficient (Wildman–Crippen LogP) is 3.25. The summed E-state index contributed by atoms with van der Waals surface area (Å²) < 4.78 is 10.5. The number of carbonyl (C=O) groups is 2. The largest absolute Gasteiger partial charge is 0.492 e. The fourth-order valence-corrected chi connectivity index (χ4v) is 2.64. The molecule has 1 heterocycles. The van der Waals surface area contributed by atoms with Crippen molar-refractivity contribution >= 4 is 34.5 Å². The fourth-order valence-electron chi connectivity index (χ4n) is 2.51. The van der Waals surface area contributed by atoms with Gasteiger partial charge in [0.15, 0.2) is 6.61 Å². The molecule has 0 unspecified atom stereocenters. The third-order valence-corrected chi connectivity index (χ3v) is 4.40. The Balaban J connectivity index is 1.44. The van der Waals surface area contributed by atoms with Crippen LogP contribution in [-0.4, -0.2) is 41.6 Å². The molecule has 0 saturated heterocycles. The lowest BCUT2D eigenvalue weighted by molar-refractivity contribution is -0.124. The number of nitrogens with zero attached hydrogens (tertiary/aromatic N) is 2. The second kappa shape index (κ2) is 9.34. The highest BCUT2D eigenvalue weighted by Crippen LogP contribution is 2.16. The van der Waals surface area contributed by atoms with Crippen molar-refractivity contribution in [3.63, 3.8) is 0 Å². The van der Waals surface area contributed by atoms with E-state index >= 15 is 0 Å². The van der Waals surface area contributed by atoms with Gasteiger partial charge in [-0.2, -0.15) is 0 Å². The quantitative estimate of drug-likeness (QED) is 0.472. The van der Waals surface area contributed by atoms with E-state index in [1.165, 1.54) is 0 Å². The maximum absolute atomic E-state index is 12.2. The summed E-state index contributed by atoms with van der Waals surface area (Å²) in [4.78, 5) is 32.9. The highest BCUT2D eigenvalue weighted by atomic mass is 35.5. The lowest BCUT2D eigenvalue weighted by Crippen LogP contribution is -2.32. The number of nitrogens with one attached hydrogen (secondary N) is 1. The zero-order valence-corrected chi connectivity index (χ0v) is 16.8. The van der Waals surface area contributed by atoms with Gasteiger partial charge in [0.1, 0.15) is 12.4 Å². The van der Waals surface area contributed by atoms with Crippen LogP contribution in [0.2, 0.25) is 5.02 Å². The Labute approximate surface area is 173 Å². The molecule has 3 rings (SSSR count). The van der Waals surface area contributed by atoms with E-state index in [0.717, 1.165) is 11.4 Å². The zero-order valence-electron chi connectivity index (χ0n) is 16.1. The number of fused-ring (bicyclic) bond motifs is 1. The summed E-state index contributed by atoms with van der Waals surface area (Å²) >= 11 is 5.80. The molecule has 0 saturated carbocycles. The second-order valence-corrected chi connectivity index (χ2v) is 6.76. The summed E-state index contributed by atoms with van der Waals surface area (Å²) in [6, 6.07) is 11.8. The van der Waals surface area contributed by atoms with Crippen LogP contribution in [0.3, 0.4) is 0 Å². The van der Waals surface area contributed by atoms with E-state index in [0.29, 0.717) is 27.4 Å². The third kappa shape index (κ3) is 5.65. The van der Waals surface area contributed by atoms with Gasteiger partial charge in [-0.05, 0) is 56.3 Å². The van der Waals surface area contributed by atoms with Crippen LogP contribution in [-0.2, 0) is 9.53 Å². The molecule has 8 heteroatoms. The Hall–Kier alpha value is -3.19. The minimum Gasteiger partial charge on any atom is -0.492 e. The molecule has 1 amide bonds. The molecule has 2 aromatic carbocycles. The lowest BCUT2D eigenvalue weighted by atomic mass is 10.2. The van der Waals surface area contributed by atoms with Crippen LogP contribution in [0.25, 0.3) is 11.0 Å². The molecule has 0 fully saturated rings. The Kier molecular flexibility index (Phi) is 6.61. The van der Waals surface area contributed by atoms with E-state index in [4.69, 9.17) is 21.1 Å². The van der Waals surface area contributed by atoms with Crippen molar-refractivity contribution in [3.8, 4) is 5.75 Å². The molecule has 0 radical (unpaired) electrons. The van der Waals surface area contributed by atoms with Gasteiger partial charge in [0.05, 0.1) is 34.5 Å². The smallest absolute Gasteiger partial charge is 0.338 e. The monoisotopic (exact) mass is 413 g/mol. The summed E-state index contributed by atoms with van der Waals surface area (Å²) in [6.07, 6.45) is 0. The summed E-state index contributed by atoms with van der Waals surface area (Å²) in [5, 5.41) is 3.25. The first-order chi connectivity index (χ1) is 13.9. The first-order valence-corrected chi connectivity index (χ1v) is 9.37. The second-order valence-electron chi connectivity index (χ2n) is 6.33. The number of benzene rings is 2. The first-order valence-electron chi connectivity index (χ1n) is 8.99. The van der Waals surface area contributed by atoms with Gasteiger partial charge in [-0.25, -0.2) is 14.8 Å². The Morgan fingerprint density at radius 3 is 2.41 bits per heavy atom. The van der Waals surface area contributed by atoms with E-state index in [1.54, 1.807) is 42.5 Å². The SMILES string of the molecule is Cc1nc2ccc(C(=O)OCC(=O)NCCOc3ccc(Cl)cc3)cc2nc1C. The van der Waals surface area contributed by atoms with E-state index in [2.05, 4.69) is 15.3 Å². The molecular formula is C21H20ClN3O4.